The van der Waals surface area contributed by atoms with Crippen LogP contribution in [-0.4, -0.2) is 28.7 Å². The third-order valence-corrected chi connectivity index (χ3v) is 5.97. The number of hydrogen-bond acceptors (Lipinski definition) is 6. The van der Waals surface area contributed by atoms with E-state index in [1.807, 2.05) is 0 Å². The van der Waals surface area contributed by atoms with Gasteiger partial charge < -0.3 is 14.6 Å². The van der Waals surface area contributed by atoms with E-state index in [9.17, 15) is 4.79 Å². The standard InChI is InChI=1S/C18H23N3O3S/c22-16(19-13-4-2-1-3-5-13)11-15-20-17(24-21-15)10-14-18-12(6-8-23-14)7-9-25-18/h7,9,13-14H,1-6,8,10-11H2,(H,19,22). The molecule has 2 aliphatic rings. The minimum atomic E-state index is -0.0203. The number of hydrogen-bond donors (Lipinski definition) is 1. The number of amides is 1. The average molecular weight is 361 g/mol. The van der Waals surface area contributed by atoms with Gasteiger partial charge in [0.2, 0.25) is 11.8 Å². The normalized spacial score (nSPS) is 21.0. The van der Waals surface area contributed by atoms with Crippen molar-refractivity contribution in [3.05, 3.63) is 33.6 Å². The van der Waals surface area contributed by atoms with Crippen molar-refractivity contribution in [2.45, 2.75) is 63.5 Å². The summed E-state index contributed by atoms with van der Waals surface area (Å²) >= 11 is 1.71. The number of carbonyl (C=O) groups is 1. The SMILES string of the molecule is O=C(Cc1noc(CC2OCCc3ccsc32)n1)NC1CCCCC1. The van der Waals surface area contributed by atoms with Crippen LogP contribution in [0.4, 0.5) is 0 Å². The van der Waals surface area contributed by atoms with E-state index in [1.165, 1.54) is 29.7 Å². The van der Waals surface area contributed by atoms with Gasteiger partial charge in [-0.3, -0.25) is 4.79 Å². The quantitative estimate of drug-likeness (QED) is 0.886. The fraction of sp³-hybridized carbons (Fsp3) is 0.611. The van der Waals surface area contributed by atoms with Crippen LogP contribution < -0.4 is 5.32 Å². The van der Waals surface area contributed by atoms with Gasteiger partial charge in [0, 0.05) is 10.9 Å². The van der Waals surface area contributed by atoms with E-state index in [0.717, 1.165) is 25.9 Å². The van der Waals surface area contributed by atoms with E-state index >= 15 is 0 Å². The number of nitrogens with one attached hydrogen (secondary N) is 1. The summed E-state index contributed by atoms with van der Waals surface area (Å²) in [5, 5.41) is 9.14. The second kappa shape index (κ2) is 7.66. The Kier molecular flexibility index (Phi) is 5.12. The molecule has 7 heteroatoms. The van der Waals surface area contributed by atoms with Crippen LogP contribution in [0.2, 0.25) is 0 Å². The summed E-state index contributed by atoms with van der Waals surface area (Å²) in [4.78, 5) is 17.8. The zero-order valence-electron chi connectivity index (χ0n) is 14.2. The van der Waals surface area contributed by atoms with Crippen molar-refractivity contribution < 1.29 is 14.1 Å². The molecule has 4 rings (SSSR count). The lowest BCUT2D eigenvalue weighted by Gasteiger charge is -2.22. The Morgan fingerprint density at radius 3 is 3.08 bits per heavy atom. The van der Waals surface area contributed by atoms with Crippen molar-refractivity contribution in [2.75, 3.05) is 6.61 Å². The van der Waals surface area contributed by atoms with Crippen LogP contribution >= 0.6 is 11.3 Å². The molecule has 1 unspecified atom stereocenters. The van der Waals surface area contributed by atoms with Crippen LogP contribution in [0.5, 0.6) is 0 Å². The number of ether oxygens (including phenoxy) is 1. The average Bonchev–Trinajstić information content (AvgIpc) is 3.25. The molecule has 2 aromatic rings. The summed E-state index contributed by atoms with van der Waals surface area (Å²) in [6.07, 6.45) is 7.50. The van der Waals surface area contributed by atoms with Crippen LogP contribution in [-0.2, 0) is 28.8 Å². The Morgan fingerprint density at radius 1 is 1.32 bits per heavy atom. The molecule has 0 spiro atoms. The van der Waals surface area contributed by atoms with Gasteiger partial charge in [0.15, 0.2) is 5.82 Å². The Bertz CT molecular complexity index is 721. The van der Waals surface area contributed by atoms with Crippen LogP contribution in [0.1, 0.15) is 60.4 Å². The highest BCUT2D eigenvalue weighted by Gasteiger charge is 2.25. The number of carbonyl (C=O) groups excluding carboxylic acids is 1. The first-order chi connectivity index (χ1) is 12.3. The molecule has 0 saturated heterocycles. The third-order valence-electron chi connectivity index (χ3n) is 4.92. The highest BCUT2D eigenvalue weighted by Crippen LogP contribution is 2.33. The van der Waals surface area contributed by atoms with Gasteiger partial charge in [0.05, 0.1) is 19.4 Å². The zero-order chi connectivity index (χ0) is 17.1. The molecule has 1 fully saturated rings. The Morgan fingerprint density at radius 2 is 2.20 bits per heavy atom. The summed E-state index contributed by atoms with van der Waals surface area (Å²) < 4.78 is 11.2. The van der Waals surface area contributed by atoms with Gasteiger partial charge in [-0.2, -0.15) is 4.98 Å². The van der Waals surface area contributed by atoms with Gasteiger partial charge in [0.1, 0.15) is 6.10 Å². The summed E-state index contributed by atoms with van der Waals surface area (Å²) in [5.74, 6) is 0.964. The molecule has 0 aromatic carbocycles. The van der Waals surface area contributed by atoms with Crippen molar-refractivity contribution in [1.29, 1.82) is 0 Å². The number of fused-ring (bicyclic) bond motifs is 1. The second-order valence-corrected chi connectivity index (χ2v) is 7.75. The zero-order valence-corrected chi connectivity index (χ0v) is 15.0. The number of thiophene rings is 1. The molecule has 25 heavy (non-hydrogen) atoms. The molecular formula is C18H23N3O3S. The van der Waals surface area contributed by atoms with Gasteiger partial charge in [0.25, 0.3) is 0 Å². The summed E-state index contributed by atoms with van der Waals surface area (Å²) in [5.41, 5.74) is 1.35. The minimum absolute atomic E-state index is 0.0197. The fourth-order valence-corrected chi connectivity index (χ4v) is 4.65. The molecule has 1 saturated carbocycles. The molecule has 1 atom stereocenters. The molecule has 0 bridgehead atoms. The molecule has 2 aromatic heterocycles. The first kappa shape index (κ1) is 16.7. The van der Waals surface area contributed by atoms with E-state index < -0.39 is 0 Å². The highest BCUT2D eigenvalue weighted by atomic mass is 32.1. The smallest absolute Gasteiger partial charge is 0.229 e. The largest absolute Gasteiger partial charge is 0.372 e. The molecule has 6 nitrogen and oxygen atoms in total. The van der Waals surface area contributed by atoms with Gasteiger partial charge in [-0.25, -0.2) is 0 Å². The van der Waals surface area contributed by atoms with Crippen molar-refractivity contribution in [3.63, 3.8) is 0 Å². The number of aromatic nitrogens is 2. The van der Waals surface area contributed by atoms with Crippen LogP contribution in [0.3, 0.4) is 0 Å². The highest BCUT2D eigenvalue weighted by molar-refractivity contribution is 7.10. The molecule has 1 amide bonds. The lowest BCUT2D eigenvalue weighted by atomic mass is 9.95. The third kappa shape index (κ3) is 4.10. The maximum absolute atomic E-state index is 12.2. The maximum Gasteiger partial charge on any atom is 0.229 e. The van der Waals surface area contributed by atoms with Crippen LogP contribution in [0, 0.1) is 0 Å². The molecule has 0 radical (unpaired) electrons. The topological polar surface area (TPSA) is 77.2 Å². The minimum Gasteiger partial charge on any atom is -0.372 e. The molecule has 1 N–H and O–H groups in total. The van der Waals surface area contributed by atoms with Crippen molar-refractivity contribution in [2.24, 2.45) is 0 Å². The lowest BCUT2D eigenvalue weighted by molar-refractivity contribution is -0.121. The predicted molar refractivity (Wildman–Crippen MR) is 93.4 cm³/mol. The van der Waals surface area contributed by atoms with Crippen molar-refractivity contribution in [1.82, 2.24) is 15.5 Å². The fourth-order valence-electron chi connectivity index (χ4n) is 3.65. The van der Waals surface area contributed by atoms with Crippen molar-refractivity contribution in [3.8, 4) is 0 Å². The van der Waals surface area contributed by atoms with E-state index in [-0.39, 0.29) is 18.4 Å². The molecule has 134 valence electrons. The van der Waals surface area contributed by atoms with Crippen LogP contribution in [0.15, 0.2) is 16.0 Å². The maximum atomic E-state index is 12.2. The molecule has 1 aliphatic carbocycles. The van der Waals surface area contributed by atoms with Gasteiger partial charge in [-0.1, -0.05) is 24.4 Å². The first-order valence-corrected chi connectivity index (χ1v) is 9.94. The van der Waals surface area contributed by atoms with Crippen LogP contribution in [0.25, 0.3) is 0 Å². The van der Waals surface area contributed by atoms with Gasteiger partial charge in [-0.15, -0.1) is 11.3 Å². The Balaban J connectivity index is 1.32. The van der Waals surface area contributed by atoms with Gasteiger partial charge in [-0.05, 0) is 36.3 Å². The van der Waals surface area contributed by atoms with E-state index in [2.05, 4.69) is 26.9 Å². The molecule has 1 aliphatic heterocycles. The molecular weight excluding hydrogens is 338 g/mol. The first-order valence-electron chi connectivity index (χ1n) is 9.06. The number of nitrogens with zero attached hydrogens (tertiary/aromatic N) is 2. The second-order valence-electron chi connectivity index (χ2n) is 6.81. The molecule has 3 heterocycles. The predicted octanol–water partition coefficient (Wildman–Crippen LogP) is 2.98. The van der Waals surface area contributed by atoms with E-state index in [0.29, 0.717) is 24.2 Å². The summed E-state index contributed by atoms with van der Waals surface area (Å²) in [6, 6.07) is 2.46. The van der Waals surface area contributed by atoms with E-state index in [1.54, 1.807) is 11.3 Å². The number of rotatable bonds is 5. The van der Waals surface area contributed by atoms with Gasteiger partial charge >= 0.3 is 0 Å². The lowest BCUT2D eigenvalue weighted by Crippen LogP contribution is -2.37. The monoisotopic (exact) mass is 361 g/mol. The van der Waals surface area contributed by atoms with E-state index in [4.69, 9.17) is 9.26 Å². The summed E-state index contributed by atoms with van der Waals surface area (Å²) in [7, 11) is 0. The summed E-state index contributed by atoms with van der Waals surface area (Å²) in [6.45, 7) is 0.721. The Hall–Kier alpha value is -1.73. The Labute approximate surface area is 151 Å². The van der Waals surface area contributed by atoms with Crippen molar-refractivity contribution >= 4 is 17.2 Å².